The van der Waals surface area contributed by atoms with E-state index in [1.165, 1.54) is 12.1 Å². The smallest absolute Gasteiger partial charge is 0.141 e. The van der Waals surface area contributed by atoms with Crippen molar-refractivity contribution in [2.24, 2.45) is 0 Å². The summed E-state index contributed by atoms with van der Waals surface area (Å²) in [5.74, 6) is 2.27. The molecule has 0 aliphatic heterocycles. The highest BCUT2D eigenvalue weighted by molar-refractivity contribution is 5.66. The third-order valence-electron chi connectivity index (χ3n) is 3.81. The van der Waals surface area contributed by atoms with Crippen LogP contribution in [0.15, 0.2) is 24.3 Å². The summed E-state index contributed by atoms with van der Waals surface area (Å²) in [6.07, 6.45) is 2.24. The minimum atomic E-state index is -0.256. The van der Waals surface area contributed by atoms with Gasteiger partial charge in [0.1, 0.15) is 23.3 Å². The summed E-state index contributed by atoms with van der Waals surface area (Å²) in [6, 6.07) is 6.53. The van der Waals surface area contributed by atoms with Gasteiger partial charge in [0.2, 0.25) is 0 Å². The number of hydrogen-bond acceptors (Lipinski definition) is 4. The minimum Gasteiger partial charge on any atom is -0.383 e. The monoisotopic (exact) mass is 286 g/mol. The highest BCUT2D eigenvalue weighted by Crippen LogP contribution is 2.40. The Labute approximate surface area is 123 Å². The Morgan fingerprint density at radius 3 is 2.71 bits per heavy atom. The van der Waals surface area contributed by atoms with Gasteiger partial charge in [-0.05, 0) is 44.9 Å². The summed E-state index contributed by atoms with van der Waals surface area (Å²) in [5, 5.41) is 0. The SMILES string of the molecule is CCN(c1cccc(F)c1)c1nc(C2CC2)nc(N)c1C. The molecule has 2 N–H and O–H groups in total. The van der Waals surface area contributed by atoms with Crippen LogP contribution in [0.2, 0.25) is 0 Å². The molecule has 0 saturated heterocycles. The molecule has 0 spiro atoms. The Morgan fingerprint density at radius 2 is 2.10 bits per heavy atom. The van der Waals surface area contributed by atoms with Crippen molar-refractivity contribution in [2.75, 3.05) is 17.2 Å². The lowest BCUT2D eigenvalue weighted by Crippen LogP contribution is -2.20. The molecule has 0 atom stereocenters. The number of nitrogens with two attached hydrogens (primary N) is 1. The van der Waals surface area contributed by atoms with Crippen LogP contribution in [0.4, 0.5) is 21.7 Å². The molecule has 0 unspecified atom stereocenters. The summed E-state index contributed by atoms with van der Waals surface area (Å²) in [5.41, 5.74) is 7.65. The van der Waals surface area contributed by atoms with Crippen molar-refractivity contribution < 1.29 is 4.39 Å². The average Bonchev–Trinajstić information content (AvgIpc) is 3.28. The molecule has 0 radical (unpaired) electrons. The van der Waals surface area contributed by atoms with Gasteiger partial charge in [0, 0.05) is 23.7 Å². The number of hydrogen-bond donors (Lipinski definition) is 1. The van der Waals surface area contributed by atoms with E-state index < -0.39 is 0 Å². The van der Waals surface area contributed by atoms with Crippen LogP contribution in [-0.2, 0) is 0 Å². The van der Waals surface area contributed by atoms with Crippen LogP contribution in [0.5, 0.6) is 0 Å². The fourth-order valence-corrected chi connectivity index (χ4v) is 2.42. The van der Waals surface area contributed by atoms with Crippen LogP contribution in [0.3, 0.4) is 0 Å². The summed E-state index contributed by atoms with van der Waals surface area (Å²) in [6.45, 7) is 4.60. The van der Waals surface area contributed by atoms with E-state index in [1.54, 1.807) is 6.07 Å². The van der Waals surface area contributed by atoms with E-state index in [4.69, 9.17) is 5.73 Å². The third kappa shape index (κ3) is 2.68. The Kier molecular flexibility index (Phi) is 3.49. The highest BCUT2D eigenvalue weighted by atomic mass is 19.1. The fraction of sp³-hybridized carbons (Fsp3) is 0.375. The zero-order valence-electron chi connectivity index (χ0n) is 12.3. The maximum Gasteiger partial charge on any atom is 0.141 e. The van der Waals surface area contributed by atoms with E-state index in [0.29, 0.717) is 18.3 Å². The second-order valence-electron chi connectivity index (χ2n) is 5.41. The molecule has 21 heavy (non-hydrogen) atoms. The number of aromatic nitrogens is 2. The number of nitrogens with zero attached hydrogens (tertiary/aromatic N) is 3. The molecule has 1 aliphatic rings. The molecular weight excluding hydrogens is 267 g/mol. The van der Waals surface area contributed by atoms with Crippen molar-refractivity contribution in [2.45, 2.75) is 32.6 Å². The lowest BCUT2D eigenvalue weighted by Gasteiger charge is -2.24. The van der Waals surface area contributed by atoms with Gasteiger partial charge in [0.25, 0.3) is 0 Å². The Morgan fingerprint density at radius 1 is 1.33 bits per heavy atom. The first kappa shape index (κ1) is 13.8. The van der Waals surface area contributed by atoms with Gasteiger partial charge in [0.05, 0.1) is 0 Å². The first-order valence-electron chi connectivity index (χ1n) is 7.27. The molecule has 110 valence electrons. The lowest BCUT2D eigenvalue weighted by molar-refractivity contribution is 0.627. The topological polar surface area (TPSA) is 55.0 Å². The van der Waals surface area contributed by atoms with E-state index in [0.717, 1.165) is 35.7 Å². The highest BCUT2D eigenvalue weighted by Gasteiger charge is 2.28. The van der Waals surface area contributed by atoms with Crippen LogP contribution >= 0.6 is 0 Å². The second kappa shape index (κ2) is 5.31. The van der Waals surface area contributed by atoms with Crippen LogP contribution in [0, 0.1) is 12.7 Å². The number of benzene rings is 1. The van der Waals surface area contributed by atoms with E-state index in [1.807, 2.05) is 24.8 Å². The molecule has 0 amide bonds. The van der Waals surface area contributed by atoms with Crippen LogP contribution in [-0.4, -0.2) is 16.5 Å². The maximum absolute atomic E-state index is 13.5. The van der Waals surface area contributed by atoms with Gasteiger partial charge in [-0.3, -0.25) is 0 Å². The zero-order chi connectivity index (χ0) is 15.0. The molecule has 1 saturated carbocycles. The fourth-order valence-electron chi connectivity index (χ4n) is 2.42. The molecule has 1 aliphatic carbocycles. The summed E-state index contributed by atoms with van der Waals surface area (Å²) in [7, 11) is 0. The molecule has 1 fully saturated rings. The predicted octanol–water partition coefficient (Wildman–Crippen LogP) is 3.54. The van der Waals surface area contributed by atoms with Gasteiger partial charge >= 0.3 is 0 Å². The number of halogens is 1. The van der Waals surface area contributed by atoms with E-state index in [2.05, 4.69) is 9.97 Å². The van der Waals surface area contributed by atoms with Gasteiger partial charge in [-0.25, -0.2) is 14.4 Å². The molecule has 1 aromatic heterocycles. The number of nitrogen functional groups attached to an aromatic ring is 1. The van der Waals surface area contributed by atoms with Crippen LogP contribution in [0.25, 0.3) is 0 Å². The average molecular weight is 286 g/mol. The standard InChI is InChI=1S/C16H19FN4/c1-3-21(13-6-4-5-12(17)9-13)16-10(2)14(18)19-15(20-16)11-7-8-11/h4-6,9,11H,3,7-8H2,1-2H3,(H2,18,19,20). The van der Waals surface area contributed by atoms with Gasteiger partial charge in [-0.1, -0.05) is 6.07 Å². The molecular formula is C16H19FN4. The quantitative estimate of drug-likeness (QED) is 0.934. The minimum absolute atomic E-state index is 0.256. The zero-order valence-corrected chi connectivity index (χ0v) is 12.3. The second-order valence-corrected chi connectivity index (χ2v) is 5.41. The first-order chi connectivity index (χ1) is 10.1. The Balaban J connectivity index is 2.07. The molecule has 1 heterocycles. The molecule has 0 bridgehead atoms. The van der Waals surface area contributed by atoms with Crippen molar-refractivity contribution in [1.29, 1.82) is 0 Å². The summed E-state index contributed by atoms with van der Waals surface area (Å²) >= 11 is 0. The summed E-state index contributed by atoms with van der Waals surface area (Å²) in [4.78, 5) is 11.0. The normalized spacial score (nSPS) is 14.2. The van der Waals surface area contributed by atoms with Gasteiger partial charge in [-0.2, -0.15) is 0 Å². The van der Waals surface area contributed by atoms with Crippen molar-refractivity contribution in [3.05, 3.63) is 41.5 Å². The van der Waals surface area contributed by atoms with Gasteiger partial charge in [0.15, 0.2) is 0 Å². The lowest BCUT2D eigenvalue weighted by atomic mass is 10.2. The molecule has 4 nitrogen and oxygen atoms in total. The van der Waals surface area contributed by atoms with Crippen molar-refractivity contribution >= 4 is 17.3 Å². The van der Waals surface area contributed by atoms with Crippen molar-refractivity contribution in [1.82, 2.24) is 9.97 Å². The number of anilines is 3. The summed E-state index contributed by atoms with van der Waals surface area (Å²) < 4.78 is 13.5. The molecule has 5 heteroatoms. The van der Waals surface area contributed by atoms with Gasteiger partial charge in [-0.15, -0.1) is 0 Å². The van der Waals surface area contributed by atoms with Crippen LogP contribution in [0.1, 0.15) is 37.1 Å². The van der Waals surface area contributed by atoms with Crippen molar-refractivity contribution in [3.8, 4) is 0 Å². The Bertz CT molecular complexity index is 667. The molecule has 2 aromatic rings. The molecule has 3 rings (SSSR count). The van der Waals surface area contributed by atoms with Gasteiger partial charge < -0.3 is 10.6 Å². The van der Waals surface area contributed by atoms with E-state index in [9.17, 15) is 4.39 Å². The molecule has 1 aromatic carbocycles. The van der Waals surface area contributed by atoms with Crippen molar-refractivity contribution in [3.63, 3.8) is 0 Å². The maximum atomic E-state index is 13.5. The first-order valence-corrected chi connectivity index (χ1v) is 7.27. The Hall–Kier alpha value is -2.17. The largest absolute Gasteiger partial charge is 0.383 e. The van der Waals surface area contributed by atoms with Crippen LogP contribution < -0.4 is 10.6 Å². The third-order valence-corrected chi connectivity index (χ3v) is 3.81. The van der Waals surface area contributed by atoms with E-state index in [-0.39, 0.29) is 5.82 Å². The van der Waals surface area contributed by atoms with E-state index >= 15 is 0 Å². The predicted molar refractivity (Wildman–Crippen MR) is 82.2 cm³/mol. The number of rotatable bonds is 4.